The molecule has 0 aliphatic rings. The van der Waals surface area contributed by atoms with Gasteiger partial charge in [-0.2, -0.15) is 0 Å². The zero-order chi connectivity index (χ0) is 22.4. The van der Waals surface area contributed by atoms with Crippen molar-refractivity contribution in [2.75, 3.05) is 13.2 Å². The van der Waals surface area contributed by atoms with E-state index in [1.54, 1.807) is 0 Å². The summed E-state index contributed by atoms with van der Waals surface area (Å²) in [6.45, 7) is 2.56. The molecule has 1 rings (SSSR count). The van der Waals surface area contributed by atoms with Crippen molar-refractivity contribution >= 4 is 19.0 Å². The average molecular weight is 441 g/mol. The van der Waals surface area contributed by atoms with Crippen molar-refractivity contribution in [1.82, 2.24) is 0 Å². The van der Waals surface area contributed by atoms with E-state index in [9.17, 15) is 26.9 Å². The van der Waals surface area contributed by atoms with Gasteiger partial charge in [0, 0.05) is 4.91 Å². The van der Waals surface area contributed by atoms with Gasteiger partial charge in [0.1, 0.15) is 11.3 Å². The molecule has 0 amide bonds. The number of ether oxygens (including phenoxy) is 1. The predicted octanol–water partition coefficient (Wildman–Crippen LogP) is 4.03. The molecule has 0 aromatic heterocycles. The average Bonchev–Trinajstić information content (AvgIpc) is 2.65. The number of hydrogen-bond acceptors (Lipinski definition) is 7. The zero-order valence-corrected chi connectivity index (χ0v) is 16.5. The van der Waals surface area contributed by atoms with Crippen LogP contribution >= 0.6 is 7.37 Å². The number of halogens is 4. The van der Waals surface area contributed by atoms with Gasteiger partial charge >= 0.3 is 5.97 Å². The topological polar surface area (TPSA) is 153 Å². The minimum Gasteiger partial charge on any atom is -0.462 e. The SMILES string of the molecule is CC(N)P(=O)(OCCCCOC(=O)c1c(F)c(F)c(N=[N+]=[N-])c(F)c1F)C(C)N. The standard InChI is InChI=1S/C15H20F4N5O4P/c1-7(20)29(26,8(2)21)28-6-4-3-5-27-15(25)9-10(16)12(18)14(23-24-22)13(19)11(9)17/h7-8H,3-6,20-21H2,1-2H3. The molecule has 2 atom stereocenters. The molecule has 0 saturated heterocycles. The summed E-state index contributed by atoms with van der Waals surface area (Å²) >= 11 is 0. The number of hydrogen-bond donors (Lipinski definition) is 2. The number of azide groups is 1. The third-order valence-electron chi connectivity index (χ3n) is 3.79. The normalized spacial score (nSPS) is 15.2. The van der Waals surface area contributed by atoms with Crippen molar-refractivity contribution < 1.29 is 36.2 Å². The van der Waals surface area contributed by atoms with Crippen molar-refractivity contribution in [2.24, 2.45) is 16.6 Å². The third-order valence-corrected chi connectivity index (χ3v) is 6.65. The second-order valence-electron chi connectivity index (χ2n) is 5.97. The second-order valence-corrected chi connectivity index (χ2v) is 9.15. The number of nitrogens with two attached hydrogens (primary N) is 2. The molecule has 0 aliphatic carbocycles. The number of carbonyl (C=O) groups is 1. The second kappa shape index (κ2) is 10.6. The first-order valence-electron chi connectivity index (χ1n) is 8.32. The molecule has 0 saturated carbocycles. The van der Waals surface area contributed by atoms with E-state index in [1.165, 1.54) is 13.8 Å². The van der Waals surface area contributed by atoms with Gasteiger partial charge in [-0.3, -0.25) is 4.57 Å². The molecule has 0 aliphatic heterocycles. The van der Waals surface area contributed by atoms with Gasteiger partial charge in [-0.25, -0.2) is 22.4 Å². The monoisotopic (exact) mass is 441 g/mol. The van der Waals surface area contributed by atoms with Gasteiger partial charge in [0.15, 0.2) is 23.3 Å². The Balaban J connectivity index is 2.69. The molecule has 9 nitrogen and oxygen atoms in total. The van der Waals surface area contributed by atoms with Crippen LogP contribution in [-0.2, 0) is 13.8 Å². The van der Waals surface area contributed by atoms with E-state index in [2.05, 4.69) is 9.85 Å². The van der Waals surface area contributed by atoms with E-state index < -0.39 is 59.4 Å². The molecule has 162 valence electrons. The Morgan fingerprint density at radius 3 is 2.00 bits per heavy atom. The maximum absolute atomic E-state index is 13.8. The lowest BCUT2D eigenvalue weighted by Crippen LogP contribution is -2.28. The van der Waals surface area contributed by atoms with Crippen LogP contribution in [0.4, 0.5) is 23.2 Å². The highest BCUT2D eigenvalue weighted by Gasteiger charge is 2.33. The van der Waals surface area contributed by atoms with Crippen LogP contribution in [0.3, 0.4) is 0 Å². The minimum absolute atomic E-state index is 0.0370. The lowest BCUT2D eigenvalue weighted by atomic mass is 10.1. The molecule has 0 radical (unpaired) electrons. The Morgan fingerprint density at radius 1 is 1.07 bits per heavy atom. The molecule has 1 aromatic rings. The van der Waals surface area contributed by atoms with Crippen LogP contribution in [0, 0.1) is 23.3 Å². The Hall–Kier alpha value is -2.17. The van der Waals surface area contributed by atoms with E-state index >= 15 is 0 Å². The van der Waals surface area contributed by atoms with Gasteiger partial charge in [-0.05, 0) is 32.2 Å². The molecule has 1 aromatic carbocycles. The number of benzene rings is 1. The first-order valence-corrected chi connectivity index (χ1v) is 10.1. The Bertz CT molecular complexity index is 821. The van der Waals surface area contributed by atoms with E-state index in [1.807, 2.05) is 4.91 Å². The van der Waals surface area contributed by atoms with Crippen molar-refractivity contribution in [3.63, 3.8) is 0 Å². The number of esters is 1. The highest BCUT2D eigenvalue weighted by molar-refractivity contribution is 7.60. The molecule has 29 heavy (non-hydrogen) atoms. The van der Waals surface area contributed by atoms with E-state index in [-0.39, 0.29) is 26.1 Å². The van der Waals surface area contributed by atoms with Gasteiger partial charge in [0.25, 0.3) is 0 Å². The summed E-state index contributed by atoms with van der Waals surface area (Å²) in [7, 11) is -3.28. The maximum atomic E-state index is 13.8. The van der Waals surface area contributed by atoms with Crippen LogP contribution < -0.4 is 11.5 Å². The van der Waals surface area contributed by atoms with Crippen molar-refractivity contribution in [3.8, 4) is 0 Å². The Kier molecular flexibility index (Phi) is 9.06. The molecule has 0 bridgehead atoms. The maximum Gasteiger partial charge on any atom is 0.344 e. The van der Waals surface area contributed by atoms with Crippen molar-refractivity contribution in [3.05, 3.63) is 39.3 Å². The van der Waals surface area contributed by atoms with Gasteiger partial charge in [-0.15, -0.1) is 0 Å². The molecule has 4 N–H and O–H groups in total. The minimum atomic E-state index is -3.28. The third kappa shape index (κ3) is 5.68. The number of nitrogens with zero attached hydrogens (tertiary/aromatic N) is 3. The fourth-order valence-electron chi connectivity index (χ4n) is 2.19. The fourth-order valence-corrected chi connectivity index (χ4v) is 3.81. The molecular formula is C15H20F4N5O4P. The lowest BCUT2D eigenvalue weighted by Gasteiger charge is -2.25. The summed E-state index contributed by atoms with van der Waals surface area (Å²) in [5, 5.41) is 2.51. The largest absolute Gasteiger partial charge is 0.462 e. The first-order chi connectivity index (χ1) is 13.5. The van der Waals surface area contributed by atoms with E-state index in [0.717, 1.165) is 0 Å². The van der Waals surface area contributed by atoms with E-state index in [0.29, 0.717) is 0 Å². The van der Waals surface area contributed by atoms with Crippen LogP contribution in [0.2, 0.25) is 0 Å². The number of carbonyl (C=O) groups excluding carboxylic acids is 1. The van der Waals surface area contributed by atoms with Gasteiger partial charge < -0.3 is 20.7 Å². The molecule has 2 unspecified atom stereocenters. The molecule has 0 heterocycles. The van der Waals surface area contributed by atoms with Crippen LogP contribution in [0.1, 0.15) is 37.0 Å². The lowest BCUT2D eigenvalue weighted by molar-refractivity contribution is 0.0480. The quantitative estimate of drug-likeness (QED) is 0.0817. The highest BCUT2D eigenvalue weighted by atomic mass is 31.2. The van der Waals surface area contributed by atoms with Crippen molar-refractivity contribution in [2.45, 2.75) is 38.3 Å². The number of rotatable bonds is 10. The summed E-state index contributed by atoms with van der Waals surface area (Å²) in [5.41, 5.74) is 16.3. The van der Waals surface area contributed by atoms with Crippen LogP contribution in [0.15, 0.2) is 5.11 Å². The van der Waals surface area contributed by atoms with Gasteiger partial charge in [0.05, 0.1) is 24.8 Å². The van der Waals surface area contributed by atoms with Crippen LogP contribution in [-0.4, -0.2) is 30.7 Å². The highest BCUT2D eigenvalue weighted by Crippen LogP contribution is 2.52. The smallest absolute Gasteiger partial charge is 0.344 e. The molecule has 0 spiro atoms. The van der Waals surface area contributed by atoms with Crippen molar-refractivity contribution in [1.29, 1.82) is 0 Å². The van der Waals surface area contributed by atoms with E-state index in [4.69, 9.17) is 21.5 Å². The van der Waals surface area contributed by atoms with Gasteiger partial charge in [0.2, 0.25) is 7.37 Å². The predicted molar refractivity (Wildman–Crippen MR) is 95.5 cm³/mol. The van der Waals surface area contributed by atoms with Gasteiger partial charge in [-0.1, -0.05) is 5.11 Å². The Labute approximate surface area is 163 Å². The summed E-state index contributed by atoms with van der Waals surface area (Å²) in [6, 6.07) is 0. The molecular weight excluding hydrogens is 421 g/mol. The summed E-state index contributed by atoms with van der Waals surface area (Å²) < 4.78 is 77.3. The Morgan fingerprint density at radius 2 is 1.55 bits per heavy atom. The summed E-state index contributed by atoms with van der Waals surface area (Å²) in [5.74, 6) is -11.4. The molecule has 0 fully saturated rings. The first kappa shape index (κ1) is 24.9. The van der Waals surface area contributed by atoms with Crippen LogP contribution in [0.5, 0.6) is 0 Å². The fraction of sp³-hybridized carbons (Fsp3) is 0.533. The summed E-state index contributed by atoms with van der Waals surface area (Å²) in [6.07, 6.45) is 0.342. The molecule has 14 heteroatoms. The number of unbranched alkanes of at least 4 members (excludes halogenated alkanes) is 1. The summed E-state index contributed by atoms with van der Waals surface area (Å²) in [4.78, 5) is 13.8. The van der Waals surface area contributed by atoms with Crippen LogP contribution in [0.25, 0.3) is 10.4 Å². The zero-order valence-electron chi connectivity index (χ0n) is 15.6.